The Balaban J connectivity index is 2.07. The van der Waals surface area contributed by atoms with Gasteiger partial charge in [0.25, 0.3) is 5.91 Å². The SMILES string of the molecule is CC(C)(O)C(F)C(NC(=O)c1cccnc1)NC1CCCCC1. The highest BCUT2D eigenvalue weighted by atomic mass is 19.1. The fourth-order valence-corrected chi connectivity index (χ4v) is 2.85. The maximum atomic E-state index is 14.7. The monoisotopic (exact) mass is 323 g/mol. The lowest BCUT2D eigenvalue weighted by Gasteiger charge is -2.35. The molecule has 2 atom stereocenters. The lowest BCUT2D eigenvalue weighted by Crippen LogP contribution is -2.60. The van der Waals surface area contributed by atoms with Crippen LogP contribution in [0.1, 0.15) is 56.3 Å². The number of carbonyl (C=O) groups excluding carboxylic acids is 1. The molecule has 5 nitrogen and oxygen atoms in total. The summed E-state index contributed by atoms with van der Waals surface area (Å²) in [5.41, 5.74) is -1.18. The van der Waals surface area contributed by atoms with Crippen molar-refractivity contribution >= 4 is 5.91 Å². The minimum atomic E-state index is -1.62. The van der Waals surface area contributed by atoms with Crippen molar-refractivity contribution in [2.45, 2.75) is 69.9 Å². The lowest BCUT2D eigenvalue weighted by atomic mass is 9.93. The van der Waals surface area contributed by atoms with E-state index in [0.29, 0.717) is 5.56 Å². The summed E-state index contributed by atoms with van der Waals surface area (Å²) in [5, 5.41) is 15.8. The molecular weight excluding hydrogens is 297 g/mol. The quantitative estimate of drug-likeness (QED) is 0.702. The Kier molecular flexibility index (Phi) is 6.07. The molecule has 0 saturated heterocycles. The van der Waals surface area contributed by atoms with Gasteiger partial charge in [0.1, 0.15) is 6.17 Å². The van der Waals surface area contributed by atoms with Gasteiger partial charge in [-0.05, 0) is 38.8 Å². The third-order valence-electron chi connectivity index (χ3n) is 4.20. The Labute approximate surface area is 136 Å². The molecule has 23 heavy (non-hydrogen) atoms. The van der Waals surface area contributed by atoms with Crippen molar-refractivity contribution in [2.75, 3.05) is 0 Å². The number of alkyl halides is 1. The fraction of sp³-hybridized carbons (Fsp3) is 0.647. The first-order chi connectivity index (χ1) is 10.9. The van der Waals surface area contributed by atoms with Crippen molar-refractivity contribution in [2.24, 2.45) is 0 Å². The molecule has 1 aromatic heterocycles. The van der Waals surface area contributed by atoms with Gasteiger partial charge in [0.15, 0.2) is 6.17 Å². The summed E-state index contributed by atoms with van der Waals surface area (Å²) in [4.78, 5) is 16.2. The number of amides is 1. The second-order valence-electron chi connectivity index (χ2n) is 6.75. The molecule has 1 amide bonds. The van der Waals surface area contributed by atoms with E-state index < -0.39 is 23.8 Å². The van der Waals surface area contributed by atoms with Crippen LogP contribution in [0, 0.1) is 0 Å². The first-order valence-electron chi connectivity index (χ1n) is 8.21. The van der Waals surface area contributed by atoms with Crippen LogP contribution in [0.5, 0.6) is 0 Å². The number of halogens is 1. The standard InChI is InChI=1S/C17H26FN3O2/c1-17(2,23)14(18)15(20-13-8-4-3-5-9-13)21-16(22)12-7-6-10-19-11-12/h6-7,10-11,13-15,20,23H,3-5,8-9H2,1-2H3,(H,21,22). The highest BCUT2D eigenvalue weighted by Gasteiger charge is 2.36. The minimum Gasteiger partial charge on any atom is -0.387 e. The van der Waals surface area contributed by atoms with Crippen LogP contribution in [0.4, 0.5) is 4.39 Å². The maximum Gasteiger partial charge on any atom is 0.254 e. The molecule has 0 bridgehead atoms. The molecule has 0 aromatic carbocycles. The highest BCUT2D eigenvalue weighted by molar-refractivity contribution is 5.94. The van der Waals surface area contributed by atoms with E-state index in [1.54, 1.807) is 18.3 Å². The molecule has 1 fully saturated rings. The predicted molar refractivity (Wildman–Crippen MR) is 86.7 cm³/mol. The third-order valence-corrected chi connectivity index (χ3v) is 4.20. The predicted octanol–water partition coefficient (Wildman–Crippen LogP) is 2.17. The third kappa shape index (κ3) is 5.25. The number of aromatic nitrogens is 1. The number of aliphatic hydroxyl groups is 1. The number of hydrogen-bond acceptors (Lipinski definition) is 4. The zero-order valence-electron chi connectivity index (χ0n) is 13.8. The first-order valence-corrected chi connectivity index (χ1v) is 8.21. The van der Waals surface area contributed by atoms with Crippen molar-refractivity contribution in [1.29, 1.82) is 0 Å². The van der Waals surface area contributed by atoms with Crippen molar-refractivity contribution < 1.29 is 14.3 Å². The van der Waals surface area contributed by atoms with Crippen LogP contribution in [0.15, 0.2) is 24.5 Å². The molecule has 0 radical (unpaired) electrons. The van der Waals surface area contributed by atoms with Crippen LogP contribution >= 0.6 is 0 Å². The summed E-state index contributed by atoms with van der Waals surface area (Å²) in [6, 6.07) is 3.43. The van der Waals surface area contributed by atoms with Crippen LogP contribution < -0.4 is 10.6 Å². The number of carbonyl (C=O) groups is 1. The second-order valence-corrected chi connectivity index (χ2v) is 6.75. The van der Waals surface area contributed by atoms with Gasteiger partial charge in [-0.3, -0.25) is 15.1 Å². The molecule has 1 heterocycles. The summed E-state index contributed by atoms with van der Waals surface area (Å²) < 4.78 is 14.7. The number of rotatable bonds is 6. The van der Waals surface area contributed by atoms with E-state index in [-0.39, 0.29) is 6.04 Å². The molecule has 128 valence electrons. The summed E-state index contributed by atoms with van der Waals surface area (Å²) in [5.74, 6) is -0.404. The van der Waals surface area contributed by atoms with Crippen LogP contribution in [0.3, 0.4) is 0 Å². The zero-order valence-corrected chi connectivity index (χ0v) is 13.8. The average Bonchev–Trinajstić information content (AvgIpc) is 2.54. The Bertz CT molecular complexity index is 498. The summed E-state index contributed by atoms with van der Waals surface area (Å²) in [6.07, 6.45) is 5.75. The van der Waals surface area contributed by atoms with Crippen molar-refractivity contribution in [1.82, 2.24) is 15.6 Å². The minimum absolute atomic E-state index is 0.156. The molecule has 1 aromatic rings. The van der Waals surface area contributed by atoms with Gasteiger partial charge in [0.05, 0.1) is 11.2 Å². The highest BCUT2D eigenvalue weighted by Crippen LogP contribution is 2.21. The fourth-order valence-electron chi connectivity index (χ4n) is 2.85. The Morgan fingerprint density at radius 2 is 2.09 bits per heavy atom. The van der Waals surface area contributed by atoms with E-state index in [1.807, 2.05) is 0 Å². The van der Waals surface area contributed by atoms with E-state index >= 15 is 0 Å². The van der Waals surface area contributed by atoms with Crippen LogP contribution in [0.25, 0.3) is 0 Å². The van der Waals surface area contributed by atoms with Gasteiger partial charge >= 0.3 is 0 Å². The topological polar surface area (TPSA) is 74.2 Å². The molecule has 1 aliphatic rings. The van der Waals surface area contributed by atoms with Gasteiger partial charge in [-0.2, -0.15) is 0 Å². The Hall–Kier alpha value is -1.53. The molecule has 2 unspecified atom stereocenters. The van der Waals surface area contributed by atoms with Crippen LogP contribution in [-0.2, 0) is 0 Å². The Morgan fingerprint density at radius 1 is 1.39 bits per heavy atom. The summed E-state index contributed by atoms with van der Waals surface area (Å²) in [6.45, 7) is 2.81. The second kappa shape index (κ2) is 7.84. The molecule has 1 saturated carbocycles. The molecule has 1 aliphatic carbocycles. The first kappa shape index (κ1) is 17.8. The van der Waals surface area contributed by atoms with Gasteiger partial charge in [-0.15, -0.1) is 0 Å². The van der Waals surface area contributed by atoms with Crippen molar-refractivity contribution in [3.8, 4) is 0 Å². The molecule has 0 aliphatic heterocycles. The largest absolute Gasteiger partial charge is 0.387 e. The molecular formula is C17H26FN3O2. The van der Waals surface area contributed by atoms with Gasteiger partial charge < -0.3 is 10.4 Å². The number of nitrogens with one attached hydrogen (secondary N) is 2. The number of hydrogen-bond donors (Lipinski definition) is 3. The molecule has 3 N–H and O–H groups in total. The molecule has 0 spiro atoms. The smallest absolute Gasteiger partial charge is 0.254 e. The van der Waals surface area contributed by atoms with E-state index in [4.69, 9.17) is 0 Å². The van der Waals surface area contributed by atoms with Crippen LogP contribution in [-0.4, -0.2) is 40.0 Å². The van der Waals surface area contributed by atoms with Crippen molar-refractivity contribution in [3.05, 3.63) is 30.1 Å². The Morgan fingerprint density at radius 3 is 2.65 bits per heavy atom. The van der Waals surface area contributed by atoms with Gasteiger partial charge in [0, 0.05) is 18.4 Å². The van der Waals surface area contributed by atoms with E-state index in [1.165, 1.54) is 26.5 Å². The summed E-state index contributed by atoms with van der Waals surface area (Å²) in [7, 11) is 0. The van der Waals surface area contributed by atoms with Crippen LogP contribution in [0.2, 0.25) is 0 Å². The van der Waals surface area contributed by atoms with Crippen molar-refractivity contribution in [3.63, 3.8) is 0 Å². The van der Waals surface area contributed by atoms with Gasteiger partial charge in [-0.1, -0.05) is 19.3 Å². The van der Waals surface area contributed by atoms with E-state index in [9.17, 15) is 14.3 Å². The zero-order chi connectivity index (χ0) is 16.9. The molecule has 2 rings (SSSR count). The lowest BCUT2D eigenvalue weighted by molar-refractivity contribution is -0.0275. The van der Waals surface area contributed by atoms with Gasteiger partial charge in [0.2, 0.25) is 0 Å². The normalized spacial score (nSPS) is 19.1. The number of nitrogens with zero attached hydrogens (tertiary/aromatic N) is 1. The summed E-state index contributed by atoms with van der Waals surface area (Å²) >= 11 is 0. The average molecular weight is 323 g/mol. The van der Waals surface area contributed by atoms with E-state index in [2.05, 4.69) is 15.6 Å². The van der Waals surface area contributed by atoms with E-state index in [0.717, 1.165) is 25.7 Å². The molecule has 6 heteroatoms. The van der Waals surface area contributed by atoms with Gasteiger partial charge in [-0.25, -0.2) is 4.39 Å². The maximum absolute atomic E-state index is 14.7. The number of pyridine rings is 1.